The van der Waals surface area contributed by atoms with Gasteiger partial charge in [0.25, 0.3) is 0 Å². The van der Waals surface area contributed by atoms with Crippen molar-refractivity contribution in [2.24, 2.45) is 5.73 Å². The van der Waals surface area contributed by atoms with Crippen LogP contribution < -0.4 is 16.0 Å². The molecule has 1 atom stereocenters. The molecule has 1 aromatic carbocycles. The first-order chi connectivity index (χ1) is 7.58. The fourth-order valence-electron chi connectivity index (χ4n) is 1.87. The van der Waals surface area contributed by atoms with Crippen LogP contribution in [0.1, 0.15) is 12.5 Å². The average Bonchev–Trinajstić information content (AvgIpc) is 2.60. The van der Waals surface area contributed by atoms with E-state index in [0.29, 0.717) is 0 Å². The van der Waals surface area contributed by atoms with Gasteiger partial charge < -0.3 is 16.0 Å². The van der Waals surface area contributed by atoms with E-state index in [2.05, 4.69) is 23.3 Å². The predicted molar refractivity (Wildman–Crippen MR) is 65.7 cm³/mol. The van der Waals surface area contributed by atoms with Gasteiger partial charge in [-0.25, -0.2) is 0 Å². The highest BCUT2D eigenvalue weighted by molar-refractivity contribution is 5.95. The van der Waals surface area contributed by atoms with Crippen LogP contribution in [0, 0.1) is 0 Å². The number of hydrogen-bond donors (Lipinski definition) is 2. The number of likely N-dealkylation sites (N-methyl/N-ethyl adjacent to an activating group) is 1. The van der Waals surface area contributed by atoms with Crippen molar-refractivity contribution in [1.29, 1.82) is 0 Å². The fourth-order valence-corrected chi connectivity index (χ4v) is 1.87. The number of carbonyl (C=O) groups is 1. The highest BCUT2D eigenvalue weighted by atomic mass is 16.2. The largest absolute Gasteiger partial charge is 0.374 e. The third-order valence-electron chi connectivity index (χ3n) is 2.89. The number of rotatable bonds is 2. The number of carbonyl (C=O) groups excluding carboxylic acids is 1. The minimum absolute atomic E-state index is 0.152. The van der Waals surface area contributed by atoms with Gasteiger partial charge in [0.2, 0.25) is 5.91 Å². The van der Waals surface area contributed by atoms with Crippen molar-refractivity contribution < 1.29 is 4.79 Å². The molecule has 0 saturated heterocycles. The second kappa shape index (κ2) is 4.14. The van der Waals surface area contributed by atoms with Crippen LogP contribution in [-0.4, -0.2) is 25.5 Å². The molecule has 0 saturated carbocycles. The number of fused-ring (bicyclic) bond motifs is 1. The summed E-state index contributed by atoms with van der Waals surface area (Å²) in [6.07, 6.45) is 1.08. The zero-order chi connectivity index (χ0) is 11.7. The lowest BCUT2D eigenvalue weighted by atomic mass is 10.1. The first kappa shape index (κ1) is 11.0. The first-order valence-corrected chi connectivity index (χ1v) is 5.48. The third kappa shape index (κ3) is 2.02. The summed E-state index contributed by atoms with van der Waals surface area (Å²) < 4.78 is 0. The molecule has 1 unspecified atom stereocenters. The maximum atomic E-state index is 11.4. The number of nitrogens with zero attached hydrogens (tertiary/aromatic N) is 1. The highest BCUT2D eigenvalue weighted by Gasteiger charge is 2.16. The molecule has 0 aromatic heterocycles. The van der Waals surface area contributed by atoms with Gasteiger partial charge in [-0.15, -0.1) is 0 Å². The first-order valence-electron chi connectivity index (χ1n) is 5.48. The molecule has 4 heteroatoms. The number of amides is 1. The van der Waals surface area contributed by atoms with Crippen LogP contribution in [0.4, 0.5) is 11.4 Å². The van der Waals surface area contributed by atoms with Gasteiger partial charge in [0.1, 0.15) is 0 Å². The minimum Gasteiger partial charge on any atom is -0.374 e. The lowest BCUT2D eigenvalue weighted by Gasteiger charge is -2.14. The van der Waals surface area contributed by atoms with Gasteiger partial charge in [0.05, 0.1) is 6.04 Å². The van der Waals surface area contributed by atoms with E-state index >= 15 is 0 Å². The third-order valence-corrected chi connectivity index (χ3v) is 2.89. The van der Waals surface area contributed by atoms with Crippen LogP contribution in [0.2, 0.25) is 0 Å². The Hall–Kier alpha value is -1.55. The molecule has 0 bridgehead atoms. The van der Waals surface area contributed by atoms with Gasteiger partial charge in [0.15, 0.2) is 0 Å². The van der Waals surface area contributed by atoms with Crippen molar-refractivity contribution in [2.75, 3.05) is 23.8 Å². The van der Waals surface area contributed by atoms with Gasteiger partial charge in [-0.2, -0.15) is 0 Å². The maximum Gasteiger partial charge on any atom is 0.240 e. The number of hydrogen-bond acceptors (Lipinski definition) is 3. The molecule has 0 spiro atoms. The SMILES string of the molecule is CC(N)C(=O)Nc1ccc2c(c1)N(C)CC2. The molecule has 2 rings (SSSR count). The lowest BCUT2D eigenvalue weighted by Crippen LogP contribution is -2.32. The Bertz CT molecular complexity index is 415. The van der Waals surface area contributed by atoms with Crippen molar-refractivity contribution in [3.8, 4) is 0 Å². The zero-order valence-corrected chi connectivity index (χ0v) is 9.66. The van der Waals surface area contributed by atoms with Gasteiger partial charge in [-0.05, 0) is 31.0 Å². The van der Waals surface area contributed by atoms with Crippen molar-refractivity contribution in [2.45, 2.75) is 19.4 Å². The zero-order valence-electron chi connectivity index (χ0n) is 9.66. The van der Waals surface area contributed by atoms with Gasteiger partial charge in [0, 0.05) is 25.0 Å². The summed E-state index contributed by atoms with van der Waals surface area (Å²) in [5.74, 6) is -0.152. The molecule has 0 fully saturated rings. The molecule has 16 heavy (non-hydrogen) atoms. The molecule has 4 nitrogen and oxygen atoms in total. The van der Waals surface area contributed by atoms with Crippen molar-refractivity contribution in [1.82, 2.24) is 0 Å². The summed E-state index contributed by atoms with van der Waals surface area (Å²) in [5, 5.41) is 2.80. The molecular weight excluding hydrogens is 202 g/mol. The van der Waals surface area contributed by atoms with E-state index in [-0.39, 0.29) is 5.91 Å². The molecular formula is C12H17N3O. The van der Waals surface area contributed by atoms with Gasteiger partial charge >= 0.3 is 0 Å². The van der Waals surface area contributed by atoms with E-state index in [9.17, 15) is 4.79 Å². The molecule has 0 aliphatic carbocycles. The molecule has 86 valence electrons. The van der Waals surface area contributed by atoms with E-state index in [1.54, 1.807) is 6.92 Å². The minimum atomic E-state index is -0.481. The quantitative estimate of drug-likeness (QED) is 0.779. The Morgan fingerprint density at radius 1 is 1.56 bits per heavy atom. The van der Waals surface area contributed by atoms with E-state index in [0.717, 1.165) is 18.7 Å². The molecule has 1 amide bonds. The predicted octanol–water partition coefficient (Wildman–Crippen LogP) is 0.965. The lowest BCUT2D eigenvalue weighted by molar-refractivity contribution is -0.117. The number of benzene rings is 1. The Labute approximate surface area is 95.4 Å². The van der Waals surface area contributed by atoms with Crippen molar-refractivity contribution in [3.63, 3.8) is 0 Å². The average molecular weight is 219 g/mol. The van der Waals surface area contributed by atoms with Crippen LogP contribution in [0.25, 0.3) is 0 Å². The summed E-state index contributed by atoms with van der Waals surface area (Å²) in [7, 11) is 2.06. The number of nitrogens with one attached hydrogen (secondary N) is 1. The van der Waals surface area contributed by atoms with Crippen LogP contribution in [0.3, 0.4) is 0 Å². The second-order valence-electron chi connectivity index (χ2n) is 4.29. The Morgan fingerprint density at radius 2 is 2.31 bits per heavy atom. The summed E-state index contributed by atoms with van der Waals surface area (Å²) in [6, 6.07) is 5.52. The molecule has 1 heterocycles. The topological polar surface area (TPSA) is 58.4 Å². The number of nitrogens with two attached hydrogens (primary N) is 1. The van der Waals surface area contributed by atoms with Crippen LogP contribution in [-0.2, 0) is 11.2 Å². The Balaban J connectivity index is 2.18. The van der Waals surface area contributed by atoms with Crippen LogP contribution in [0.5, 0.6) is 0 Å². The molecule has 0 radical (unpaired) electrons. The Kier molecular flexibility index (Phi) is 2.83. The smallest absolute Gasteiger partial charge is 0.240 e. The summed E-state index contributed by atoms with van der Waals surface area (Å²) in [6.45, 7) is 2.72. The molecule has 1 aromatic rings. The monoisotopic (exact) mass is 219 g/mol. The van der Waals surface area contributed by atoms with Gasteiger partial charge in [-0.3, -0.25) is 4.79 Å². The summed E-state index contributed by atoms with van der Waals surface area (Å²) in [4.78, 5) is 13.6. The van der Waals surface area contributed by atoms with Crippen LogP contribution in [0.15, 0.2) is 18.2 Å². The van der Waals surface area contributed by atoms with E-state index in [1.807, 2.05) is 12.1 Å². The molecule has 3 N–H and O–H groups in total. The standard InChI is InChI=1S/C12H17N3O/c1-8(13)12(16)14-10-4-3-9-5-6-15(2)11(9)7-10/h3-4,7-8H,5-6,13H2,1-2H3,(H,14,16). The second-order valence-corrected chi connectivity index (χ2v) is 4.29. The maximum absolute atomic E-state index is 11.4. The van der Waals surface area contributed by atoms with E-state index in [1.165, 1.54) is 11.3 Å². The van der Waals surface area contributed by atoms with Crippen molar-refractivity contribution in [3.05, 3.63) is 23.8 Å². The summed E-state index contributed by atoms with van der Waals surface area (Å²) in [5.41, 5.74) is 8.85. The van der Waals surface area contributed by atoms with Crippen LogP contribution >= 0.6 is 0 Å². The van der Waals surface area contributed by atoms with E-state index < -0.39 is 6.04 Å². The number of anilines is 2. The van der Waals surface area contributed by atoms with Crippen molar-refractivity contribution >= 4 is 17.3 Å². The molecule has 1 aliphatic rings. The van der Waals surface area contributed by atoms with Gasteiger partial charge in [-0.1, -0.05) is 6.07 Å². The summed E-state index contributed by atoms with van der Waals surface area (Å²) >= 11 is 0. The Morgan fingerprint density at radius 3 is 3.00 bits per heavy atom. The fraction of sp³-hybridized carbons (Fsp3) is 0.417. The van der Waals surface area contributed by atoms with E-state index in [4.69, 9.17) is 5.73 Å². The normalized spacial score (nSPS) is 15.8. The molecule has 1 aliphatic heterocycles. The highest BCUT2D eigenvalue weighted by Crippen LogP contribution is 2.29.